The zero-order valence-electron chi connectivity index (χ0n) is 9.37. The third-order valence-electron chi connectivity index (χ3n) is 2.34. The summed E-state index contributed by atoms with van der Waals surface area (Å²) < 4.78 is 21.7. The molecule has 3 N–H and O–H groups in total. The van der Waals surface area contributed by atoms with Gasteiger partial charge in [0.2, 0.25) is 0 Å². The van der Waals surface area contributed by atoms with Crippen LogP contribution in [0, 0.1) is 0 Å². The molecule has 100 valence electrons. The van der Waals surface area contributed by atoms with Crippen molar-refractivity contribution in [3.8, 4) is 0 Å². The van der Waals surface area contributed by atoms with Gasteiger partial charge < -0.3 is 24.8 Å². The Bertz CT molecular complexity index is 283. The van der Waals surface area contributed by atoms with E-state index >= 15 is 0 Å². The molecule has 1 saturated heterocycles. The molecule has 1 heterocycles. The average molecular weight is 254 g/mol. The van der Waals surface area contributed by atoms with Gasteiger partial charge in [0.15, 0.2) is 11.9 Å². The fourth-order valence-electron chi connectivity index (χ4n) is 1.61. The molecule has 0 aromatic heterocycles. The van der Waals surface area contributed by atoms with Gasteiger partial charge >= 0.3 is 5.97 Å². The van der Waals surface area contributed by atoms with Crippen LogP contribution in [-0.4, -0.2) is 58.1 Å². The van der Waals surface area contributed by atoms with Crippen molar-refractivity contribution in [1.29, 1.82) is 0 Å². The van der Waals surface area contributed by atoms with Gasteiger partial charge in [-0.1, -0.05) is 0 Å². The number of carbonyl (C=O) groups is 1. The van der Waals surface area contributed by atoms with Gasteiger partial charge in [0, 0.05) is 0 Å². The van der Waals surface area contributed by atoms with E-state index in [1.165, 1.54) is 13.8 Å². The number of rotatable bonds is 5. The van der Waals surface area contributed by atoms with E-state index in [9.17, 15) is 19.5 Å². The van der Waals surface area contributed by atoms with E-state index in [0.29, 0.717) is 0 Å². The molecule has 0 spiro atoms. The Morgan fingerprint density at radius 3 is 2.53 bits per heavy atom. The van der Waals surface area contributed by atoms with E-state index in [0.717, 1.165) is 0 Å². The smallest absolute Gasteiger partial charge is 0.335 e. The van der Waals surface area contributed by atoms with Crippen molar-refractivity contribution in [3.05, 3.63) is 0 Å². The maximum absolute atomic E-state index is 11.5. The summed E-state index contributed by atoms with van der Waals surface area (Å²) in [5, 5.41) is 27.8. The molecule has 0 saturated carbocycles. The van der Waals surface area contributed by atoms with Gasteiger partial charge in [0.05, 0.1) is 0 Å². The first-order valence-electron chi connectivity index (χ1n) is 4.96. The first kappa shape index (κ1) is 14.3. The highest BCUT2D eigenvalue weighted by Crippen LogP contribution is 2.31. The molecule has 17 heavy (non-hydrogen) atoms. The largest absolute Gasteiger partial charge is 0.479 e. The van der Waals surface area contributed by atoms with Gasteiger partial charge in [-0.05, 0) is 18.4 Å². The second kappa shape index (κ2) is 5.23. The van der Waals surface area contributed by atoms with Gasteiger partial charge in [-0.2, -0.15) is 4.94 Å². The molecule has 0 radical (unpaired) electrons. The first-order valence-corrected chi connectivity index (χ1v) is 4.96. The number of ether oxygens (including phenoxy) is 2. The summed E-state index contributed by atoms with van der Waals surface area (Å²) in [4.78, 5) is 14.1. The van der Waals surface area contributed by atoms with Crippen LogP contribution in [0.2, 0.25) is 0 Å². The molecule has 8 heteroatoms. The Hall–Kier alpha value is -0.800. The van der Waals surface area contributed by atoms with E-state index in [1.54, 1.807) is 0 Å². The second-order valence-corrected chi connectivity index (χ2v) is 4.19. The number of halogens is 1. The molecule has 0 amide bonds. The molecule has 1 rings (SSSR count). The second-order valence-electron chi connectivity index (χ2n) is 4.19. The lowest BCUT2D eigenvalue weighted by atomic mass is 10.0. The normalized spacial score (nSPS) is 31.1. The van der Waals surface area contributed by atoms with Crippen LogP contribution < -0.4 is 0 Å². The van der Waals surface area contributed by atoms with Crippen molar-refractivity contribution in [1.82, 2.24) is 0 Å². The zero-order chi connectivity index (χ0) is 13.2. The first-order chi connectivity index (χ1) is 7.78. The van der Waals surface area contributed by atoms with Gasteiger partial charge in [0.25, 0.3) is 0 Å². The van der Waals surface area contributed by atoms with Crippen LogP contribution in [0.15, 0.2) is 0 Å². The maximum atomic E-state index is 11.5. The van der Waals surface area contributed by atoms with E-state index in [1.807, 2.05) is 0 Å². The van der Waals surface area contributed by atoms with E-state index < -0.39 is 42.8 Å². The summed E-state index contributed by atoms with van der Waals surface area (Å²) in [5.74, 6) is -2.54. The lowest BCUT2D eigenvalue weighted by molar-refractivity contribution is -0.193. The minimum atomic E-state index is -1.63. The third-order valence-corrected chi connectivity index (χ3v) is 2.34. The number of carboxylic acids is 1. The number of aliphatic carboxylic acids is 1. The van der Waals surface area contributed by atoms with Crippen LogP contribution in [0.25, 0.3) is 0 Å². The minimum absolute atomic E-state index is 0.784. The Morgan fingerprint density at radius 1 is 1.47 bits per heavy atom. The van der Waals surface area contributed by atoms with Gasteiger partial charge in [-0.15, -0.1) is 0 Å². The van der Waals surface area contributed by atoms with E-state index in [4.69, 9.17) is 14.6 Å². The number of carboxylic acid groups (broad SMARTS) is 1. The molecule has 1 aliphatic rings. The predicted octanol–water partition coefficient (Wildman–Crippen LogP) is -0.786. The number of hydrogen-bond acceptors (Lipinski definition) is 6. The molecule has 1 fully saturated rings. The number of aliphatic hydroxyl groups excluding tert-OH is 2. The van der Waals surface area contributed by atoms with Gasteiger partial charge in [-0.3, -0.25) is 0 Å². The standard InChI is InChI=1S/C9H15FO7/c1-9(2)16-6(7(17-9)8(13)14)5(12)4(11)3-15-10/h4-7,11-12H,3H2,1-2H3,(H,13,14)/t4-,5+,6-,7-/m0/s1. The van der Waals surface area contributed by atoms with Crippen LogP contribution in [0.4, 0.5) is 4.53 Å². The maximum Gasteiger partial charge on any atom is 0.335 e. The van der Waals surface area contributed by atoms with E-state index in [2.05, 4.69) is 4.94 Å². The van der Waals surface area contributed by atoms with Crippen LogP contribution >= 0.6 is 0 Å². The molecule has 0 bridgehead atoms. The Balaban J connectivity index is 2.76. The summed E-state index contributed by atoms with van der Waals surface area (Å²) in [6.07, 6.45) is -5.97. The quantitative estimate of drug-likeness (QED) is 0.590. The van der Waals surface area contributed by atoms with Crippen LogP contribution in [0.1, 0.15) is 13.8 Å². The highest BCUT2D eigenvalue weighted by molar-refractivity contribution is 5.73. The van der Waals surface area contributed by atoms with Crippen molar-refractivity contribution in [2.45, 2.75) is 44.1 Å². The summed E-state index contributed by atoms with van der Waals surface area (Å²) in [6.45, 7) is 2.15. The van der Waals surface area contributed by atoms with Crippen LogP contribution in [-0.2, 0) is 19.2 Å². The fourth-order valence-corrected chi connectivity index (χ4v) is 1.61. The fraction of sp³-hybridized carbons (Fsp3) is 0.889. The number of aliphatic hydroxyl groups is 2. The molecular weight excluding hydrogens is 239 g/mol. The average Bonchev–Trinajstić information content (AvgIpc) is 2.54. The Kier molecular flexibility index (Phi) is 4.39. The molecule has 4 atom stereocenters. The zero-order valence-corrected chi connectivity index (χ0v) is 9.37. The summed E-state index contributed by atoms with van der Waals surface area (Å²) in [7, 11) is 0. The van der Waals surface area contributed by atoms with Crippen molar-refractivity contribution >= 4 is 5.97 Å². The summed E-state index contributed by atoms with van der Waals surface area (Å²) >= 11 is 0. The van der Waals surface area contributed by atoms with Crippen LogP contribution in [0.5, 0.6) is 0 Å². The van der Waals surface area contributed by atoms with Crippen molar-refractivity contribution in [3.63, 3.8) is 0 Å². The molecule has 7 nitrogen and oxygen atoms in total. The van der Waals surface area contributed by atoms with Crippen molar-refractivity contribution in [2.24, 2.45) is 0 Å². The lowest BCUT2D eigenvalue weighted by Crippen LogP contribution is -2.47. The molecule has 0 aromatic carbocycles. The summed E-state index contributed by atoms with van der Waals surface area (Å²) in [6, 6.07) is 0. The van der Waals surface area contributed by atoms with E-state index in [-0.39, 0.29) is 0 Å². The van der Waals surface area contributed by atoms with Crippen molar-refractivity contribution in [2.75, 3.05) is 6.61 Å². The SMILES string of the molecule is CC1(C)O[C@@H]([C@H](O)[C@@H](O)COF)[C@@H](C(=O)O)O1. The highest BCUT2D eigenvalue weighted by atomic mass is 19.3. The third kappa shape index (κ3) is 3.33. The molecule has 0 unspecified atom stereocenters. The molecule has 0 aromatic rings. The topological polar surface area (TPSA) is 105 Å². The Labute approximate surface area is 96.6 Å². The van der Waals surface area contributed by atoms with Gasteiger partial charge in [0.1, 0.15) is 24.9 Å². The Morgan fingerprint density at radius 2 is 2.06 bits per heavy atom. The summed E-state index contributed by atoms with van der Waals surface area (Å²) in [5.41, 5.74) is 0. The predicted molar refractivity (Wildman–Crippen MR) is 50.5 cm³/mol. The molecule has 1 aliphatic heterocycles. The monoisotopic (exact) mass is 254 g/mol. The van der Waals surface area contributed by atoms with Crippen LogP contribution in [0.3, 0.4) is 0 Å². The van der Waals surface area contributed by atoms with Gasteiger partial charge in [-0.25, -0.2) is 4.79 Å². The number of hydrogen-bond donors (Lipinski definition) is 3. The minimum Gasteiger partial charge on any atom is -0.479 e. The molecule has 0 aliphatic carbocycles. The lowest BCUT2D eigenvalue weighted by Gasteiger charge is -2.24. The highest BCUT2D eigenvalue weighted by Gasteiger charge is 2.50. The molecular formula is C9H15FO7. The van der Waals surface area contributed by atoms with Crippen molar-refractivity contribution < 1.29 is 39.1 Å².